The van der Waals surface area contributed by atoms with Crippen LogP contribution in [0.3, 0.4) is 0 Å². The largest absolute Gasteiger partial charge is 0.494 e. The Hall–Kier alpha value is -1.87. The molecule has 0 amide bonds. The van der Waals surface area contributed by atoms with Gasteiger partial charge in [0.2, 0.25) is 0 Å². The van der Waals surface area contributed by atoms with Gasteiger partial charge in [-0.25, -0.2) is 4.39 Å². The number of benzene rings is 2. The molecule has 2 aromatic carbocycles. The Balaban J connectivity index is 1.86. The van der Waals surface area contributed by atoms with E-state index in [2.05, 4.69) is 5.32 Å². The maximum absolute atomic E-state index is 13.7. The highest BCUT2D eigenvalue weighted by Crippen LogP contribution is 2.16. The van der Waals surface area contributed by atoms with Crippen LogP contribution >= 0.6 is 0 Å². The molecule has 0 aromatic heterocycles. The lowest BCUT2D eigenvalue weighted by Crippen LogP contribution is -2.23. The van der Waals surface area contributed by atoms with Crippen LogP contribution in [0.4, 0.5) is 4.39 Å². The van der Waals surface area contributed by atoms with Crippen LogP contribution in [0.2, 0.25) is 0 Å². The Kier molecular flexibility index (Phi) is 6.22. The molecule has 2 rings (SSSR count). The Morgan fingerprint density at radius 3 is 2.48 bits per heavy atom. The quantitative estimate of drug-likeness (QED) is 0.800. The van der Waals surface area contributed by atoms with Crippen LogP contribution in [-0.2, 0) is 6.42 Å². The summed E-state index contributed by atoms with van der Waals surface area (Å²) in [6.07, 6.45) is 1.62. The van der Waals surface area contributed by atoms with Gasteiger partial charge < -0.3 is 10.1 Å². The molecule has 0 saturated carbocycles. The molecule has 2 nitrogen and oxygen atoms in total. The predicted molar refractivity (Wildman–Crippen MR) is 84.1 cm³/mol. The van der Waals surface area contributed by atoms with E-state index in [0.717, 1.165) is 30.7 Å². The number of ether oxygens (including phenoxy) is 1. The van der Waals surface area contributed by atoms with Crippen LogP contribution in [0, 0.1) is 11.7 Å². The van der Waals surface area contributed by atoms with Gasteiger partial charge in [0, 0.05) is 0 Å². The zero-order chi connectivity index (χ0) is 14.9. The molecular formula is C18H22FNO. The molecule has 0 aliphatic carbocycles. The number of hydrogen-bond donors (Lipinski definition) is 1. The Bertz CT molecular complexity index is 530. The molecule has 0 spiro atoms. The van der Waals surface area contributed by atoms with E-state index >= 15 is 0 Å². The van der Waals surface area contributed by atoms with Gasteiger partial charge in [-0.15, -0.1) is 0 Å². The highest BCUT2D eigenvalue weighted by atomic mass is 19.1. The van der Waals surface area contributed by atoms with Gasteiger partial charge in [0.25, 0.3) is 0 Å². The minimum absolute atomic E-state index is 0.123. The van der Waals surface area contributed by atoms with Gasteiger partial charge in [-0.2, -0.15) is 0 Å². The van der Waals surface area contributed by atoms with Gasteiger partial charge in [-0.1, -0.05) is 36.4 Å². The summed E-state index contributed by atoms with van der Waals surface area (Å²) in [6.45, 7) is 1.50. The molecule has 0 saturated heterocycles. The second-order valence-corrected chi connectivity index (χ2v) is 5.17. The first kappa shape index (κ1) is 15.5. The summed E-state index contributed by atoms with van der Waals surface area (Å²) in [5.41, 5.74) is 0.775. The van der Waals surface area contributed by atoms with Crippen molar-refractivity contribution >= 4 is 0 Å². The second kappa shape index (κ2) is 8.42. The lowest BCUT2D eigenvalue weighted by atomic mass is 9.96. The summed E-state index contributed by atoms with van der Waals surface area (Å²) in [7, 11) is 1.92. The first-order chi connectivity index (χ1) is 10.3. The fraction of sp³-hybridized carbons (Fsp3) is 0.333. The molecule has 1 unspecified atom stereocenters. The molecule has 1 N–H and O–H groups in total. The van der Waals surface area contributed by atoms with Crippen molar-refractivity contribution in [3.8, 4) is 5.75 Å². The van der Waals surface area contributed by atoms with Gasteiger partial charge in [0.1, 0.15) is 11.6 Å². The third-order valence-electron chi connectivity index (χ3n) is 3.50. The average molecular weight is 287 g/mol. The molecule has 0 heterocycles. The zero-order valence-corrected chi connectivity index (χ0v) is 12.4. The van der Waals surface area contributed by atoms with Crippen molar-refractivity contribution < 1.29 is 9.13 Å². The molecule has 3 heteroatoms. The SMILES string of the molecule is CNCC(CCOc1ccccc1)Cc1ccccc1F. The highest BCUT2D eigenvalue weighted by Gasteiger charge is 2.12. The average Bonchev–Trinajstić information content (AvgIpc) is 2.51. The summed E-state index contributed by atoms with van der Waals surface area (Å²) in [5.74, 6) is 1.12. The summed E-state index contributed by atoms with van der Waals surface area (Å²) < 4.78 is 19.5. The molecule has 0 bridgehead atoms. The van der Waals surface area contributed by atoms with Crippen molar-refractivity contribution in [2.75, 3.05) is 20.2 Å². The molecule has 0 radical (unpaired) electrons. The topological polar surface area (TPSA) is 21.3 Å². The van der Waals surface area contributed by atoms with Gasteiger partial charge in [0.05, 0.1) is 6.61 Å². The van der Waals surface area contributed by atoms with E-state index in [1.807, 2.05) is 49.5 Å². The van der Waals surface area contributed by atoms with E-state index < -0.39 is 0 Å². The third kappa shape index (κ3) is 5.20. The van der Waals surface area contributed by atoms with Crippen molar-refractivity contribution in [2.24, 2.45) is 5.92 Å². The molecule has 21 heavy (non-hydrogen) atoms. The number of nitrogens with one attached hydrogen (secondary N) is 1. The monoisotopic (exact) mass is 287 g/mol. The molecule has 1 atom stereocenters. The van der Waals surface area contributed by atoms with Crippen LogP contribution in [-0.4, -0.2) is 20.2 Å². The van der Waals surface area contributed by atoms with Crippen LogP contribution in [0.5, 0.6) is 5.75 Å². The van der Waals surface area contributed by atoms with Gasteiger partial charge in [-0.05, 0) is 56.1 Å². The zero-order valence-electron chi connectivity index (χ0n) is 12.4. The van der Waals surface area contributed by atoms with Crippen LogP contribution in [0.15, 0.2) is 54.6 Å². The van der Waals surface area contributed by atoms with E-state index in [1.165, 1.54) is 6.07 Å². The van der Waals surface area contributed by atoms with Crippen LogP contribution in [0.1, 0.15) is 12.0 Å². The Morgan fingerprint density at radius 2 is 1.76 bits per heavy atom. The molecule has 0 aliphatic heterocycles. The normalized spacial score (nSPS) is 12.1. The van der Waals surface area contributed by atoms with Crippen molar-refractivity contribution in [2.45, 2.75) is 12.8 Å². The fourth-order valence-corrected chi connectivity index (χ4v) is 2.40. The minimum atomic E-state index is -0.123. The van der Waals surface area contributed by atoms with Crippen molar-refractivity contribution in [1.82, 2.24) is 5.32 Å². The van der Waals surface area contributed by atoms with Crippen molar-refractivity contribution in [3.05, 3.63) is 66.0 Å². The van der Waals surface area contributed by atoms with Crippen LogP contribution in [0.25, 0.3) is 0 Å². The Morgan fingerprint density at radius 1 is 1.05 bits per heavy atom. The fourth-order valence-electron chi connectivity index (χ4n) is 2.40. The third-order valence-corrected chi connectivity index (χ3v) is 3.50. The van der Waals surface area contributed by atoms with Gasteiger partial charge >= 0.3 is 0 Å². The van der Waals surface area contributed by atoms with E-state index in [9.17, 15) is 4.39 Å². The molecule has 0 fully saturated rings. The summed E-state index contributed by atoms with van der Waals surface area (Å²) in [4.78, 5) is 0. The van der Waals surface area contributed by atoms with Gasteiger partial charge in [0.15, 0.2) is 0 Å². The van der Waals surface area contributed by atoms with Crippen molar-refractivity contribution in [3.63, 3.8) is 0 Å². The minimum Gasteiger partial charge on any atom is -0.494 e. The van der Waals surface area contributed by atoms with E-state index in [1.54, 1.807) is 6.07 Å². The van der Waals surface area contributed by atoms with E-state index in [4.69, 9.17) is 4.74 Å². The summed E-state index contributed by atoms with van der Waals surface area (Å²) in [5, 5.41) is 3.18. The molecular weight excluding hydrogens is 265 g/mol. The predicted octanol–water partition coefficient (Wildman–Crippen LogP) is 3.67. The van der Waals surface area contributed by atoms with E-state index in [0.29, 0.717) is 12.5 Å². The standard InChI is InChI=1S/C18H22FNO/c1-20-14-15(13-16-7-5-6-10-18(16)19)11-12-21-17-8-3-2-4-9-17/h2-10,15,20H,11-14H2,1H3. The number of halogens is 1. The summed E-state index contributed by atoms with van der Waals surface area (Å²) in [6, 6.07) is 16.8. The first-order valence-corrected chi connectivity index (χ1v) is 7.35. The lowest BCUT2D eigenvalue weighted by molar-refractivity contribution is 0.274. The lowest BCUT2D eigenvalue weighted by Gasteiger charge is -2.17. The molecule has 0 aliphatic rings. The maximum atomic E-state index is 13.7. The molecule has 112 valence electrons. The second-order valence-electron chi connectivity index (χ2n) is 5.17. The first-order valence-electron chi connectivity index (χ1n) is 7.35. The molecule has 2 aromatic rings. The number of para-hydroxylation sites is 1. The maximum Gasteiger partial charge on any atom is 0.126 e. The van der Waals surface area contributed by atoms with Gasteiger partial charge in [-0.3, -0.25) is 0 Å². The van der Waals surface area contributed by atoms with Crippen molar-refractivity contribution in [1.29, 1.82) is 0 Å². The number of hydrogen-bond acceptors (Lipinski definition) is 2. The number of rotatable bonds is 8. The highest BCUT2D eigenvalue weighted by molar-refractivity contribution is 5.21. The summed E-state index contributed by atoms with van der Waals surface area (Å²) >= 11 is 0. The Labute approximate surface area is 126 Å². The van der Waals surface area contributed by atoms with E-state index in [-0.39, 0.29) is 5.82 Å². The smallest absolute Gasteiger partial charge is 0.126 e. The van der Waals surface area contributed by atoms with Crippen LogP contribution < -0.4 is 10.1 Å².